The molecule has 0 unspecified atom stereocenters. The Morgan fingerprint density at radius 1 is 1.07 bits per heavy atom. The summed E-state index contributed by atoms with van der Waals surface area (Å²) in [4.78, 5) is 2.31. The molecule has 0 radical (unpaired) electrons. The van der Waals surface area contributed by atoms with Gasteiger partial charge in [0, 0.05) is 0 Å². The Bertz CT molecular complexity index is 238. The SMILES string of the molecule is OCC[Se]Cc1cc[se]c1C[Se]CCO. The first-order chi connectivity index (χ1) is 7.38. The molecule has 0 saturated carbocycles. The molecule has 2 nitrogen and oxygen atoms in total. The normalized spacial score (nSPS) is 10.8. The number of aliphatic hydroxyl groups is 2. The van der Waals surface area contributed by atoms with E-state index in [4.69, 9.17) is 10.2 Å². The van der Waals surface area contributed by atoms with Gasteiger partial charge in [-0.25, -0.2) is 0 Å². The zero-order valence-electron chi connectivity index (χ0n) is 8.52. The van der Waals surface area contributed by atoms with E-state index in [0.717, 1.165) is 10.6 Å². The van der Waals surface area contributed by atoms with Gasteiger partial charge in [-0.1, -0.05) is 0 Å². The first-order valence-electron chi connectivity index (χ1n) is 4.81. The molecule has 0 aliphatic carbocycles. The Hall–Kier alpha value is 0.958. The molecule has 0 bridgehead atoms. The summed E-state index contributed by atoms with van der Waals surface area (Å²) in [7, 11) is 0. The van der Waals surface area contributed by atoms with Crippen LogP contribution in [0.3, 0.4) is 0 Å². The quantitative estimate of drug-likeness (QED) is 0.472. The molecule has 0 fully saturated rings. The van der Waals surface area contributed by atoms with Gasteiger partial charge < -0.3 is 0 Å². The molecule has 0 spiro atoms. The summed E-state index contributed by atoms with van der Waals surface area (Å²) in [5.41, 5.74) is 1.54. The molecule has 2 N–H and O–H groups in total. The molecule has 0 amide bonds. The van der Waals surface area contributed by atoms with E-state index in [2.05, 4.69) is 11.0 Å². The molecule has 0 atom stereocenters. The Morgan fingerprint density at radius 2 is 1.73 bits per heavy atom. The van der Waals surface area contributed by atoms with Crippen LogP contribution in [0.2, 0.25) is 10.6 Å². The molecule has 0 aliphatic rings. The summed E-state index contributed by atoms with van der Waals surface area (Å²) in [5.74, 6) is 0. The molecule has 1 rings (SSSR count). The molecule has 0 saturated heterocycles. The molecular formula is C10H16O2Se3. The Kier molecular flexibility index (Phi) is 8.45. The average molecular weight is 405 g/mol. The zero-order chi connectivity index (χ0) is 10.9. The third-order valence-corrected chi connectivity index (χ3v) is 8.84. The van der Waals surface area contributed by atoms with Crippen molar-refractivity contribution >= 4 is 44.4 Å². The van der Waals surface area contributed by atoms with Gasteiger partial charge in [0.2, 0.25) is 0 Å². The molecule has 15 heavy (non-hydrogen) atoms. The maximum atomic E-state index is 8.74. The van der Waals surface area contributed by atoms with Crippen LogP contribution in [-0.2, 0) is 10.6 Å². The average Bonchev–Trinajstić information content (AvgIpc) is 2.67. The van der Waals surface area contributed by atoms with Gasteiger partial charge in [0.05, 0.1) is 0 Å². The molecule has 1 aromatic heterocycles. The molecule has 0 aliphatic heterocycles. The molecule has 1 heterocycles. The van der Waals surface area contributed by atoms with Gasteiger partial charge in [-0.3, -0.25) is 0 Å². The van der Waals surface area contributed by atoms with Crippen molar-refractivity contribution in [3.05, 3.63) is 21.0 Å². The van der Waals surface area contributed by atoms with Gasteiger partial charge in [0.15, 0.2) is 0 Å². The van der Waals surface area contributed by atoms with E-state index in [9.17, 15) is 0 Å². The Labute approximate surface area is 110 Å². The second-order valence-electron chi connectivity index (χ2n) is 2.92. The molecule has 5 heteroatoms. The molecule has 86 valence electrons. The number of aliphatic hydroxyl groups excluding tert-OH is 2. The van der Waals surface area contributed by atoms with E-state index in [1.54, 1.807) is 10.0 Å². The van der Waals surface area contributed by atoms with Crippen molar-refractivity contribution in [2.45, 2.75) is 21.3 Å². The van der Waals surface area contributed by atoms with E-state index in [1.165, 1.54) is 10.6 Å². The van der Waals surface area contributed by atoms with Gasteiger partial charge >= 0.3 is 110 Å². The Morgan fingerprint density at radius 3 is 2.40 bits per heavy atom. The molecular weight excluding hydrogens is 389 g/mol. The van der Waals surface area contributed by atoms with Crippen LogP contribution in [-0.4, -0.2) is 67.8 Å². The van der Waals surface area contributed by atoms with Crippen molar-refractivity contribution in [3.63, 3.8) is 0 Å². The van der Waals surface area contributed by atoms with Gasteiger partial charge in [0.25, 0.3) is 0 Å². The van der Waals surface area contributed by atoms with Crippen LogP contribution in [0.5, 0.6) is 0 Å². The minimum atomic E-state index is 0.339. The first-order valence-corrected chi connectivity index (χ1v) is 11.5. The number of rotatable bonds is 8. The fraction of sp³-hybridized carbons (Fsp3) is 0.600. The summed E-state index contributed by atoms with van der Waals surface area (Å²) in [5, 5.41) is 21.9. The third-order valence-electron chi connectivity index (χ3n) is 1.80. The van der Waals surface area contributed by atoms with Crippen molar-refractivity contribution in [2.75, 3.05) is 13.2 Å². The van der Waals surface area contributed by atoms with E-state index in [-0.39, 0.29) is 0 Å². The predicted octanol–water partition coefficient (Wildman–Crippen LogP) is -0.0268. The van der Waals surface area contributed by atoms with Crippen molar-refractivity contribution in [1.82, 2.24) is 0 Å². The van der Waals surface area contributed by atoms with Gasteiger partial charge in [-0.2, -0.15) is 0 Å². The van der Waals surface area contributed by atoms with Crippen molar-refractivity contribution in [3.8, 4) is 0 Å². The fourth-order valence-corrected chi connectivity index (χ4v) is 7.75. The summed E-state index contributed by atoms with van der Waals surface area (Å²) >= 11 is 1.75. The van der Waals surface area contributed by atoms with Crippen LogP contribution >= 0.6 is 0 Å². The van der Waals surface area contributed by atoms with E-state index >= 15 is 0 Å². The third kappa shape index (κ3) is 5.72. The summed E-state index contributed by atoms with van der Waals surface area (Å²) in [6, 6.07) is 2.28. The summed E-state index contributed by atoms with van der Waals surface area (Å²) < 4.78 is 1.65. The Balaban J connectivity index is 2.32. The van der Waals surface area contributed by atoms with Gasteiger partial charge in [-0.15, -0.1) is 0 Å². The maximum absolute atomic E-state index is 8.74. The van der Waals surface area contributed by atoms with Crippen LogP contribution in [0, 0.1) is 0 Å². The topological polar surface area (TPSA) is 40.5 Å². The molecule has 1 aromatic rings. The van der Waals surface area contributed by atoms with Gasteiger partial charge in [-0.05, 0) is 0 Å². The first kappa shape index (κ1) is 14.0. The monoisotopic (exact) mass is 408 g/mol. The number of hydrogen-bond acceptors (Lipinski definition) is 2. The van der Waals surface area contributed by atoms with Crippen LogP contribution in [0.15, 0.2) is 11.0 Å². The predicted molar refractivity (Wildman–Crippen MR) is 66.1 cm³/mol. The number of hydrogen-bond donors (Lipinski definition) is 2. The van der Waals surface area contributed by atoms with Crippen molar-refractivity contribution in [2.24, 2.45) is 0 Å². The van der Waals surface area contributed by atoms with Crippen LogP contribution in [0.25, 0.3) is 0 Å². The second kappa shape index (κ2) is 9.04. The van der Waals surface area contributed by atoms with Crippen molar-refractivity contribution < 1.29 is 10.2 Å². The van der Waals surface area contributed by atoms with Crippen molar-refractivity contribution in [1.29, 1.82) is 0 Å². The fourth-order valence-electron chi connectivity index (χ4n) is 1.10. The summed E-state index contributed by atoms with van der Waals surface area (Å²) in [6.07, 6.45) is 0. The summed E-state index contributed by atoms with van der Waals surface area (Å²) in [6.45, 7) is 0.684. The second-order valence-corrected chi connectivity index (χ2v) is 9.66. The van der Waals surface area contributed by atoms with Crippen LogP contribution < -0.4 is 0 Å². The van der Waals surface area contributed by atoms with Crippen LogP contribution in [0.4, 0.5) is 0 Å². The molecule has 0 aromatic carbocycles. The van der Waals surface area contributed by atoms with Crippen LogP contribution in [0.1, 0.15) is 10.0 Å². The van der Waals surface area contributed by atoms with E-state index in [1.807, 2.05) is 0 Å². The standard InChI is InChI=1S/C10H16O2Se3/c11-2-5-13-7-9-1-4-15-10(9)8-14-6-3-12/h1,4,11-12H,2-3,5-8H2. The van der Waals surface area contributed by atoms with Gasteiger partial charge in [0.1, 0.15) is 0 Å². The van der Waals surface area contributed by atoms with E-state index < -0.39 is 0 Å². The van der Waals surface area contributed by atoms with E-state index in [0.29, 0.717) is 57.6 Å². The zero-order valence-corrected chi connectivity index (χ0v) is 13.7. The minimum absolute atomic E-state index is 0.339.